The van der Waals surface area contributed by atoms with Crippen LogP contribution in [0.4, 0.5) is 0 Å². The molecule has 1 unspecified atom stereocenters. The van der Waals surface area contributed by atoms with E-state index in [9.17, 15) is 0 Å². The van der Waals surface area contributed by atoms with Gasteiger partial charge in [-0.15, -0.1) is 0 Å². The maximum absolute atomic E-state index is 5.51. The molecule has 0 aliphatic heterocycles. The summed E-state index contributed by atoms with van der Waals surface area (Å²) in [7, 11) is 2.02. The molecular formula is C16H23N3O. The Hall–Kier alpha value is -1.65. The zero-order valence-corrected chi connectivity index (χ0v) is 12.5. The van der Waals surface area contributed by atoms with E-state index in [1.807, 2.05) is 30.9 Å². The van der Waals surface area contributed by atoms with Crippen LogP contribution in [0.25, 0.3) is 0 Å². The minimum atomic E-state index is 0.218. The van der Waals surface area contributed by atoms with Crippen molar-refractivity contribution >= 4 is 0 Å². The standard InChI is InChI=1S/C16H23N3O/c1-4-20-12-15-8-6-5-7-14(15)11-18-13(2)16-17-9-10-19(16)3/h5-10,13,18H,4,11-12H2,1-3H3. The molecule has 108 valence electrons. The minimum Gasteiger partial charge on any atom is -0.377 e. The van der Waals surface area contributed by atoms with Gasteiger partial charge in [-0.1, -0.05) is 24.3 Å². The topological polar surface area (TPSA) is 39.1 Å². The molecule has 0 spiro atoms. The Morgan fingerprint density at radius 3 is 2.70 bits per heavy atom. The van der Waals surface area contributed by atoms with Gasteiger partial charge in [-0.05, 0) is 25.0 Å². The number of nitrogens with one attached hydrogen (secondary N) is 1. The number of nitrogens with zero attached hydrogens (tertiary/aromatic N) is 2. The summed E-state index contributed by atoms with van der Waals surface area (Å²) < 4.78 is 7.56. The van der Waals surface area contributed by atoms with Crippen LogP contribution in [0.2, 0.25) is 0 Å². The number of ether oxygens (including phenoxy) is 1. The van der Waals surface area contributed by atoms with Gasteiger partial charge in [-0.3, -0.25) is 0 Å². The Labute approximate surface area is 120 Å². The smallest absolute Gasteiger partial charge is 0.125 e. The summed E-state index contributed by atoms with van der Waals surface area (Å²) in [4.78, 5) is 4.38. The average molecular weight is 273 g/mol. The van der Waals surface area contributed by atoms with Gasteiger partial charge in [0.25, 0.3) is 0 Å². The molecule has 0 aliphatic rings. The van der Waals surface area contributed by atoms with Crippen molar-refractivity contribution in [2.45, 2.75) is 33.0 Å². The highest BCUT2D eigenvalue weighted by Crippen LogP contribution is 2.13. The molecule has 1 atom stereocenters. The van der Waals surface area contributed by atoms with Gasteiger partial charge in [-0.2, -0.15) is 0 Å². The van der Waals surface area contributed by atoms with Gasteiger partial charge >= 0.3 is 0 Å². The first-order valence-electron chi connectivity index (χ1n) is 7.07. The van der Waals surface area contributed by atoms with E-state index >= 15 is 0 Å². The van der Waals surface area contributed by atoms with Crippen LogP contribution in [0.15, 0.2) is 36.7 Å². The van der Waals surface area contributed by atoms with Crippen LogP contribution in [0.5, 0.6) is 0 Å². The molecular weight excluding hydrogens is 250 g/mol. The lowest BCUT2D eigenvalue weighted by atomic mass is 10.1. The van der Waals surface area contributed by atoms with E-state index in [-0.39, 0.29) is 6.04 Å². The van der Waals surface area contributed by atoms with E-state index in [0.29, 0.717) is 6.61 Å². The second kappa shape index (κ2) is 7.22. The van der Waals surface area contributed by atoms with E-state index < -0.39 is 0 Å². The molecule has 20 heavy (non-hydrogen) atoms. The van der Waals surface area contributed by atoms with Crippen molar-refractivity contribution < 1.29 is 4.74 Å². The Kier molecular flexibility index (Phi) is 5.32. The average Bonchev–Trinajstić information content (AvgIpc) is 2.89. The van der Waals surface area contributed by atoms with Crippen LogP contribution >= 0.6 is 0 Å². The normalized spacial score (nSPS) is 12.6. The fraction of sp³-hybridized carbons (Fsp3) is 0.438. The first kappa shape index (κ1) is 14.8. The molecule has 0 saturated carbocycles. The lowest BCUT2D eigenvalue weighted by Gasteiger charge is -2.15. The predicted molar refractivity (Wildman–Crippen MR) is 80.2 cm³/mol. The predicted octanol–water partition coefficient (Wildman–Crippen LogP) is 2.81. The lowest BCUT2D eigenvalue weighted by Crippen LogP contribution is -2.21. The number of imidazole rings is 1. The van der Waals surface area contributed by atoms with Crippen LogP contribution in [-0.4, -0.2) is 16.2 Å². The first-order chi connectivity index (χ1) is 9.72. The zero-order valence-electron chi connectivity index (χ0n) is 12.5. The Morgan fingerprint density at radius 1 is 1.30 bits per heavy atom. The van der Waals surface area contributed by atoms with Gasteiger partial charge < -0.3 is 14.6 Å². The summed E-state index contributed by atoms with van der Waals surface area (Å²) in [6.07, 6.45) is 3.80. The Bertz CT molecular complexity index is 536. The maximum atomic E-state index is 5.51. The van der Waals surface area contributed by atoms with Crippen LogP contribution in [-0.2, 0) is 24.9 Å². The van der Waals surface area contributed by atoms with Gasteiger partial charge in [0.1, 0.15) is 5.82 Å². The van der Waals surface area contributed by atoms with Crippen molar-refractivity contribution in [3.8, 4) is 0 Å². The third-order valence-corrected chi connectivity index (χ3v) is 3.42. The number of aromatic nitrogens is 2. The number of aryl methyl sites for hydroxylation is 1. The van der Waals surface area contributed by atoms with Gasteiger partial charge in [-0.25, -0.2) is 4.98 Å². The van der Waals surface area contributed by atoms with Gasteiger partial charge in [0.2, 0.25) is 0 Å². The number of rotatable bonds is 7. The highest BCUT2D eigenvalue weighted by molar-refractivity contribution is 5.26. The lowest BCUT2D eigenvalue weighted by molar-refractivity contribution is 0.133. The fourth-order valence-corrected chi connectivity index (χ4v) is 2.23. The van der Waals surface area contributed by atoms with Crippen molar-refractivity contribution in [2.75, 3.05) is 6.61 Å². The summed E-state index contributed by atoms with van der Waals surface area (Å²) in [6, 6.07) is 8.61. The van der Waals surface area contributed by atoms with Crippen LogP contribution in [0.3, 0.4) is 0 Å². The summed E-state index contributed by atoms with van der Waals surface area (Å²) in [5, 5.41) is 3.52. The Morgan fingerprint density at radius 2 is 2.05 bits per heavy atom. The quantitative estimate of drug-likeness (QED) is 0.843. The van der Waals surface area contributed by atoms with Crippen molar-refractivity contribution in [1.82, 2.24) is 14.9 Å². The summed E-state index contributed by atoms with van der Waals surface area (Å²) in [5.74, 6) is 1.05. The van der Waals surface area contributed by atoms with E-state index in [2.05, 4.69) is 41.5 Å². The van der Waals surface area contributed by atoms with Gasteiger partial charge in [0, 0.05) is 32.6 Å². The summed E-state index contributed by atoms with van der Waals surface area (Å²) >= 11 is 0. The van der Waals surface area contributed by atoms with Crippen molar-refractivity contribution in [1.29, 1.82) is 0 Å². The third-order valence-electron chi connectivity index (χ3n) is 3.42. The van der Waals surface area contributed by atoms with Gasteiger partial charge in [0.15, 0.2) is 0 Å². The highest BCUT2D eigenvalue weighted by atomic mass is 16.5. The molecule has 1 N–H and O–H groups in total. The fourth-order valence-electron chi connectivity index (χ4n) is 2.23. The molecule has 1 aromatic carbocycles. The Balaban J connectivity index is 1.98. The molecule has 2 rings (SSSR count). The highest BCUT2D eigenvalue weighted by Gasteiger charge is 2.10. The molecule has 0 fully saturated rings. The van der Waals surface area contributed by atoms with Crippen LogP contribution < -0.4 is 5.32 Å². The van der Waals surface area contributed by atoms with E-state index in [4.69, 9.17) is 4.74 Å². The first-order valence-corrected chi connectivity index (χ1v) is 7.07. The van der Waals surface area contributed by atoms with E-state index in [1.54, 1.807) is 0 Å². The monoisotopic (exact) mass is 273 g/mol. The number of hydrogen-bond donors (Lipinski definition) is 1. The number of hydrogen-bond acceptors (Lipinski definition) is 3. The van der Waals surface area contributed by atoms with E-state index in [0.717, 1.165) is 19.0 Å². The van der Waals surface area contributed by atoms with Crippen molar-refractivity contribution in [3.63, 3.8) is 0 Å². The zero-order chi connectivity index (χ0) is 14.4. The summed E-state index contributed by atoms with van der Waals surface area (Å²) in [6.45, 7) is 6.38. The molecule has 2 aromatic rings. The molecule has 0 amide bonds. The van der Waals surface area contributed by atoms with Crippen molar-refractivity contribution in [2.24, 2.45) is 7.05 Å². The molecule has 0 bridgehead atoms. The van der Waals surface area contributed by atoms with Gasteiger partial charge in [0.05, 0.1) is 12.6 Å². The molecule has 0 saturated heterocycles. The van der Waals surface area contributed by atoms with Crippen molar-refractivity contribution in [3.05, 3.63) is 53.6 Å². The SMILES string of the molecule is CCOCc1ccccc1CNC(C)c1nccn1C. The molecule has 1 aromatic heterocycles. The minimum absolute atomic E-state index is 0.218. The summed E-state index contributed by atoms with van der Waals surface area (Å²) in [5.41, 5.74) is 2.52. The third kappa shape index (κ3) is 3.68. The molecule has 4 heteroatoms. The van der Waals surface area contributed by atoms with Crippen LogP contribution in [0, 0.1) is 0 Å². The molecule has 4 nitrogen and oxygen atoms in total. The van der Waals surface area contributed by atoms with Crippen LogP contribution in [0.1, 0.15) is 36.8 Å². The molecule has 1 heterocycles. The second-order valence-electron chi connectivity index (χ2n) is 4.90. The molecule has 0 radical (unpaired) electrons. The number of benzene rings is 1. The van der Waals surface area contributed by atoms with E-state index in [1.165, 1.54) is 11.1 Å². The molecule has 0 aliphatic carbocycles. The maximum Gasteiger partial charge on any atom is 0.125 e. The largest absolute Gasteiger partial charge is 0.377 e. The second-order valence-corrected chi connectivity index (χ2v) is 4.90.